The van der Waals surface area contributed by atoms with Gasteiger partial charge in [-0.25, -0.2) is 4.39 Å². The molecular formula is C17H25FN2O. The lowest BCUT2D eigenvalue weighted by Gasteiger charge is -2.26. The van der Waals surface area contributed by atoms with Crippen LogP contribution < -0.4 is 11.1 Å². The van der Waals surface area contributed by atoms with Gasteiger partial charge < -0.3 is 11.1 Å². The second kappa shape index (κ2) is 6.14. The maximum atomic E-state index is 14.5. The number of aryl methyl sites for hydroxylation is 1. The van der Waals surface area contributed by atoms with Gasteiger partial charge in [0, 0.05) is 12.1 Å². The molecule has 0 spiro atoms. The zero-order valence-electron chi connectivity index (χ0n) is 13.1. The van der Waals surface area contributed by atoms with E-state index in [0.717, 1.165) is 36.8 Å². The molecule has 0 aromatic heterocycles. The Morgan fingerprint density at radius 2 is 2.00 bits per heavy atom. The van der Waals surface area contributed by atoms with Gasteiger partial charge >= 0.3 is 0 Å². The number of benzene rings is 1. The summed E-state index contributed by atoms with van der Waals surface area (Å²) in [6.45, 7) is 5.94. The lowest BCUT2D eigenvalue weighted by molar-refractivity contribution is -0.124. The highest BCUT2D eigenvalue weighted by Gasteiger charge is 2.27. The normalized spacial score (nSPS) is 16.2. The summed E-state index contributed by atoms with van der Waals surface area (Å²) in [5.74, 6) is -0.392. The van der Waals surface area contributed by atoms with Crippen molar-refractivity contribution in [1.29, 1.82) is 0 Å². The minimum atomic E-state index is -0.599. The molecule has 21 heavy (non-hydrogen) atoms. The van der Waals surface area contributed by atoms with E-state index in [4.69, 9.17) is 5.73 Å². The maximum absolute atomic E-state index is 14.5. The van der Waals surface area contributed by atoms with E-state index < -0.39 is 6.04 Å². The molecule has 4 heteroatoms. The molecule has 1 atom stereocenters. The van der Waals surface area contributed by atoms with Gasteiger partial charge in [-0.3, -0.25) is 4.79 Å². The number of hydrogen-bond donors (Lipinski definition) is 2. The van der Waals surface area contributed by atoms with Gasteiger partial charge in [0.15, 0.2) is 0 Å². The van der Waals surface area contributed by atoms with Crippen molar-refractivity contribution in [3.05, 3.63) is 34.6 Å². The fourth-order valence-electron chi connectivity index (χ4n) is 2.65. The molecule has 1 aromatic rings. The highest BCUT2D eigenvalue weighted by atomic mass is 19.1. The second-order valence-corrected chi connectivity index (χ2v) is 6.94. The molecule has 1 aliphatic rings. The van der Waals surface area contributed by atoms with Crippen molar-refractivity contribution >= 4 is 5.91 Å². The monoisotopic (exact) mass is 292 g/mol. The zero-order chi connectivity index (χ0) is 15.6. The van der Waals surface area contributed by atoms with Gasteiger partial charge in [-0.05, 0) is 42.2 Å². The molecule has 0 heterocycles. The van der Waals surface area contributed by atoms with Crippen LogP contribution in [0.2, 0.25) is 0 Å². The van der Waals surface area contributed by atoms with Crippen LogP contribution in [0.4, 0.5) is 4.39 Å². The first-order valence-corrected chi connectivity index (χ1v) is 7.63. The van der Waals surface area contributed by atoms with E-state index in [-0.39, 0.29) is 23.7 Å². The number of rotatable bonds is 3. The van der Waals surface area contributed by atoms with Crippen LogP contribution in [0, 0.1) is 11.2 Å². The van der Waals surface area contributed by atoms with Crippen LogP contribution in [0.15, 0.2) is 12.1 Å². The first-order chi connectivity index (χ1) is 9.80. The summed E-state index contributed by atoms with van der Waals surface area (Å²) in [4.78, 5) is 12.0. The van der Waals surface area contributed by atoms with Crippen LogP contribution in [0.1, 0.15) is 50.3 Å². The van der Waals surface area contributed by atoms with Gasteiger partial charge in [-0.15, -0.1) is 0 Å². The third kappa shape index (κ3) is 3.62. The highest BCUT2D eigenvalue weighted by molar-refractivity contribution is 5.82. The van der Waals surface area contributed by atoms with Crippen molar-refractivity contribution in [2.24, 2.45) is 11.1 Å². The minimum Gasteiger partial charge on any atom is -0.351 e. The first-order valence-electron chi connectivity index (χ1n) is 7.63. The number of carbonyl (C=O) groups excluding carboxylic acids is 1. The smallest absolute Gasteiger partial charge is 0.237 e. The van der Waals surface area contributed by atoms with E-state index in [1.165, 1.54) is 0 Å². The fourth-order valence-corrected chi connectivity index (χ4v) is 2.65. The fraction of sp³-hybridized carbons (Fsp3) is 0.588. The van der Waals surface area contributed by atoms with Crippen LogP contribution in [0.5, 0.6) is 0 Å². The molecule has 0 fully saturated rings. The van der Waals surface area contributed by atoms with Crippen LogP contribution in [-0.4, -0.2) is 11.9 Å². The number of nitrogens with one attached hydrogen (secondary N) is 1. The molecule has 1 amide bonds. The van der Waals surface area contributed by atoms with E-state index in [2.05, 4.69) is 5.32 Å². The van der Waals surface area contributed by atoms with Crippen LogP contribution in [0.3, 0.4) is 0 Å². The quantitative estimate of drug-likeness (QED) is 0.900. The van der Waals surface area contributed by atoms with E-state index in [9.17, 15) is 9.18 Å². The van der Waals surface area contributed by atoms with Gasteiger partial charge in [-0.1, -0.05) is 32.9 Å². The molecule has 0 saturated heterocycles. The molecule has 3 N–H and O–H groups in total. The van der Waals surface area contributed by atoms with Gasteiger partial charge in [0.1, 0.15) is 5.82 Å². The van der Waals surface area contributed by atoms with Crippen LogP contribution in [-0.2, 0) is 24.2 Å². The van der Waals surface area contributed by atoms with Gasteiger partial charge in [0.05, 0.1) is 6.04 Å². The predicted molar refractivity (Wildman–Crippen MR) is 82.3 cm³/mol. The Morgan fingerprint density at radius 1 is 1.33 bits per heavy atom. The number of nitrogens with two attached hydrogens (primary N) is 1. The summed E-state index contributed by atoms with van der Waals surface area (Å²) in [7, 11) is 0. The summed E-state index contributed by atoms with van der Waals surface area (Å²) in [6.07, 6.45) is 3.91. The lowest BCUT2D eigenvalue weighted by Crippen LogP contribution is -2.48. The largest absolute Gasteiger partial charge is 0.351 e. The Bertz CT molecular complexity index is 534. The molecular weight excluding hydrogens is 267 g/mol. The predicted octanol–water partition coefficient (Wildman–Crippen LogP) is 2.69. The van der Waals surface area contributed by atoms with Crippen molar-refractivity contribution in [2.45, 2.75) is 59.0 Å². The standard InChI is InChI=1S/C17H25FN2O/c1-17(2,3)15(19)16(21)20-10-12-9-8-11-6-4-5-7-13(11)14(12)18/h8-9,15H,4-7,10,19H2,1-3H3,(H,20,21). The van der Waals surface area contributed by atoms with E-state index >= 15 is 0 Å². The summed E-state index contributed by atoms with van der Waals surface area (Å²) in [6, 6.07) is 3.17. The summed E-state index contributed by atoms with van der Waals surface area (Å²) >= 11 is 0. The van der Waals surface area contributed by atoms with Crippen LogP contribution >= 0.6 is 0 Å². The van der Waals surface area contributed by atoms with Crippen molar-refractivity contribution < 1.29 is 9.18 Å². The molecule has 2 rings (SSSR count). The molecule has 0 saturated carbocycles. The average Bonchev–Trinajstić information content (AvgIpc) is 2.44. The highest BCUT2D eigenvalue weighted by Crippen LogP contribution is 2.26. The molecule has 1 unspecified atom stereocenters. The van der Waals surface area contributed by atoms with E-state index in [1.807, 2.05) is 26.8 Å². The summed E-state index contributed by atoms with van der Waals surface area (Å²) in [5, 5.41) is 2.75. The summed E-state index contributed by atoms with van der Waals surface area (Å²) in [5.41, 5.74) is 8.08. The molecule has 3 nitrogen and oxygen atoms in total. The Kier molecular flexibility index (Phi) is 4.67. The topological polar surface area (TPSA) is 55.1 Å². The number of hydrogen-bond acceptors (Lipinski definition) is 2. The molecule has 0 aliphatic heterocycles. The number of carbonyl (C=O) groups is 1. The van der Waals surface area contributed by atoms with Gasteiger partial charge in [0.25, 0.3) is 0 Å². The van der Waals surface area contributed by atoms with Crippen molar-refractivity contribution in [1.82, 2.24) is 5.32 Å². The number of amides is 1. The molecule has 0 radical (unpaired) electrons. The Balaban J connectivity index is 2.06. The van der Waals surface area contributed by atoms with Gasteiger partial charge in [-0.2, -0.15) is 0 Å². The maximum Gasteiger partial charge on any atom is 0.237 e. The molecule has 1 aliphatic carbocycles. The lowest BCUT2D eigenvalue weighted by atomic mass is 9.87. The number of fused-ring (bicyclic) bond motifs is 1. The molecule has 1 aromatic carbocycles. The van der Waals surface area contributed by atoms with Crippen molar-refractivity contribution in [3.63, 3.8) is 0 Å². The van der Waals surface area contributed by atoms with Crippen molar-refractivity contribution in [3.8, 4) is 0 Å². The van der Waals surface area contributed by atoms with E-state index in [1.54, 1.807) is 6.07 Å². The third-order valence-corrected chi connectivity index (χ3v) is 4.21. The third-order valence-electron chi connectivity index (χ3n) is 4.21. The van der Waals surface area contributed by atoms with Gasteiger partial charge in [0.2, 0.25) is 5.91 Å². The number of halogens is 1. The van der Waals surface area contributed by atoms with Crippen molar-refractivity contribution in [2.75, 3.05) is 0 Å². The second-order valence-electron chi connectivity index (χ2n) is 6.94. The summed E-state index contributed by atoms with van der Waals surface area (Å²) < 4.78 is 14.5. The first kappa shape index (κ1) is 16.0. The average molecular weight is 292 g/mol. The zero-order valence-corrected chi connectivity index (χ0v) is 13.1. The SMILES string of the molecule is CC(C)(C)C(N)C(=O)NCc1ccc2c(c1F)CCCC2. The minimum absolute atomic E-state index is 0.156. The Hall–Kier alpha value is -1.42. The Labute approximate surface area is 126 Å². The molecule has 116 valence electrons. The Morgan fingerprint density at radius 3 is 2.67 bits per heavy atom. The molecule has 0 bridgehead atoms. The van der Waals surface area contributed by atoms with E-state index in [0.29, 0.717) is 5.56 Å². The van der Waals surface area contributed by atoms with Crippen LogP contribution in [0.25, 0.3) is 0 Å².